The van der Waals surface area contributed by atoms with E-state index in [1.54, 1.807) is 11.0 Å². The van der Waals surface area contributed by atoms with Crippen molar-refractivity contribution in [1.82, 2.24) is 9.80 Å². The van der Waals surface area contributed by atoms with E-state index in [-0.39, 0.29) is 12.7 Å². The third-order valence-corrected chi connectivity index (χ3v) is 3.52. The van der Waals surface area contributed by atoms with Gasteiger partial charge >= 0.3 is 12.1 Å². The summed E-state index contributed by atoms with van der Waals surface area (Å²) in [5.74, 6) is -0.415. The first kappa shape index (κ1) is 16.1. The summed E-state index contributed by atoms with van der Waals surface area (Å²) in [6, 6.07) is 7.40. The monoisotopic (exact) mass is 308 g/mol. The highest BCUT2D eigenvalue weighted by molar-refractivity contribution is 5.68. The Morgan fingerprint density at radius 2 is 1.86 bits per heavy atom. The van der Waals surface area contributed by atoms with Crippen LogP contribution in [0.2, 0.25) is 0 Å². The predicted molar refractivity (Wildman–Crippen MR) is 78.8 cm³/mol. The zero-order valence-corrected chi connectivity index (χ0v) is 12.5. The molecule has 0 atom stereocenters. The van der Waals surface area contributed by atoms with Gasteiger partial charge in [0.25, 0.3) is 0 Å². The molecule has 1 heterocycles. The van der Waals surface area contributed by atoms with Crippen molar-refractivity contribution in [2.45, 2.75) is 6.54 Å². The predicted octanol–water partition coefficient (Wildman–Crippen LogP) is 1.03. The third-order valence-electron chi connectivity index (χ3n) is 3.52. The molecule has 0 spiro atoms. The van der Waals surface area contributed by atoms with E-state index >= 15 is 0 Å². The smallest absolute Gasteiger partial charge is 0.409 e. The average Bonchev–Trinajstić information content (AvgIpc) is 2.54. The van der Waals surface area contributed by atoms with Crippen LogP contribution < -0.4 is 4.74 Å². The highest BCUT2D eigenvalue weighted by atomic mass is 16.5. The summed E-state index contributed by atoms with van der Waals surface area (Å²) in [6.45, 7) is 3.01. The Bertz CT molecular complexity index is 526. The normalized spacial score (nSPS) is 15.4. The first-order valence-corrected chi connectivity index (χ1v) is 7.08. The third kappa shape index (κ3) is 4.36. The molecule has 1 N–H and O–H groups in total. The molecule has 7 nitrogen and oxygen atoms in total. The number of aliphatic carboxylic acids is 1. The van der Waals surface area contributed by atoms with Crippen molar-refractivity contribution in [2.24, 2.45) is 0 Å². The zero-order valence-electron chi connectivity index (χ0n) is 12.5. The van der Waals surface area contributed by atoms with E-state index in [9.17, 15) is 9.59 Å². The first-order valence-electron chi connectivity index (χ1n) is 7.08. The summed E-state index contributed by atoms with van der Waals surface area (Å²) >= 11 is 0. The fourth-order valence-electron chi connectivity index (χ4n) is 2.37. The van der Waals surface area contributed by atoms with Gasteiger partial charge in [-0.2, -0.15) is 0 Å². The molecule has 7 heteroatoms. The number of hydrogen-bond acceptors (Lipinski definition) is 5. The highest BCUT2D eigenvalue weighted by Gasteiger charge is 2.22. The minimum absolute atomic E-state index is 0.301. The van der Waals surface area contributed by atoms with E-state index in [0.29, 0.717) is 25.4 Å². The van der Waals surface area contributed by atoms with Gasteiger partial charge in [-0.05, 0) is 6.07 Å². The standard InChI is InChI=1S/C15H20N2O5/c1-21-15(20)17-8-6-16(7-9-17)10-12-4-2-3-5-13(12)22-11-14(18)19/h2-5H,6-11H2,1H3,(H,18,19). The number of para-hydroxylation sites is 1. The Kier molecular flexibility index (Phi) is 5.60. The van der Waals surface area contributed by atoms with E-state index in [1.807, 2.05) is 18.2 Å². The Labute approximate surface area is 129 Å². The van der Waals surface area contributed by atoms with Crippen molar-refractivity contribution in [1.29, 1.82) is 0 Å². The van der Waals surface area contributed by atoms with Crippen molar-refractivity contribution < 1.29 is 24.2 Å². The Morgan fingerprint density at radius 3 is 2.50 bits per heavy atom. The van der Waals surface area contributed by atoms with Crippen LogP contribution in [0, 0.1) is 0 Å². The summed E-state index contributed by atoms with van der Waals surface area (Å²) < 4.78 is 10.0. The summed E-state index contributed by atoms with van der Waals surface area (Å²) in [4.78, 5) is 25.9. The van der Waals surface area contributed by atoms with Crippen LogP contribution in [-0.4, -0.2) is 66.9 Å². The molecule has 2 rings (SSSR count). The Morgan fingerprint density at radius 1 is 1.18 bits per heavy atom. The fraction of sp³-hybridized carbons (Fsp3) is 0.467. The van der Waals surface area contributed by atoms with Gasteiger partial charge in [0.05, 0.1) is 7.11 Å². The fourth-order valence-corrected chi connectivity index (χ4v) is 2.37. The van der Waals surface area contributed by atoms with Gasteiger partial charge < -0.3 is 19.5 Å². The number of methoxy groups -OCH3 is 1. The number of piperazine rings is 1. The number of carboxylic acid groups (broad SMARTS) is 1. The lowest BCUT2D eigenvalue weighted by Crippen LogP contribution is -2.48. The number of hydrogen-bond donors (Lipinski definition) is 1. The second-order valence-corrected chi connectivity index (χ2v) is 5.02. The lowest BCUT2D eigenvalue weighted by atomic mass is 10.1. The molecule has 1 aliphatic heterocycles. The van der Waals surface area contributed by atoms with Gasteiger partial charge in [-0.3, -0.25) is 4.90 Å². The molecule has 0 aliphatic carbocycles. The number of amides is 1. The van der Waals surface area contributed by atoms with Crippen molar-refractivity contribution in [3.8, 4) is 5.75 Å². The first-order chi connectivity index (χ1) is 10.6. The van der Waals surface area contributed by atoms with Crippen LogP contribution in [0.3, 0.4) is 0 Å². The summed E-state index contributed by atoms with van der Waals surface area (Å²) in [7, 11) is 1.38. The van der Waals surface area contributed by atoms with Gasteiger partial charge in [0.1, 0.15) is 5.75 Å². The van der Waals surface area contributed by atoms with Crippen LogP contribution in [0.15, 0.2) is 24.3 Å². The highest BCUT2D eigenvalue weighted by Crippen LogP contribution is 2.20. The van der Waals surface area contributed by atoms with Gasteiger partial charge in [0.15, 0.2) is 6.61 Å². The number of carbonyl (C=O) groups excluding carboxylic acids is 1. The molecule has 1 amide bonds. The van der Waals surface area contributed by atoms with E-state index < -0.39 is 5.97 Å². The van der Waals surface area contributed by atoms with Gasteiger partial charge in [-0.25, -0.2) is 9.59 Å². The molecule has 22 heavy (non-hydrogen) atoms. The SMILES string of the molecule is COC(=O)N1CCN(Cc2ccccc2OCC(=O)O)CC1. The second-order valence-electron chi connectivity index (χ2n) is 5.02. The number of carboxylic acids is 1. The van der Waals surface area contributed by atoms with Crippen LogP contribution in [0.4, 0.5) is 4.79 Å². The van der Waals surface area contributed by atoms with Crippen LogP contribution in [-0.2, 0) is 16.1 Å². The second kappa shape index (κ2) is 7.65. The molecular formula is C15H20N2O5. The molecule has 1 aromatic rings. The summed E-state index contributed by atoms with van der Waals surface area (Å²) in [5.41, 5.74) is 0.940. The maximum Gasteiger partial charge on any atom is 0.409 e. The maximum absolute atomic E-state index is 11.4. The van der Waals surface area contributed by atoms with Crippen LogP contribution in [0.5, 0.6) is 5.75 Å². The number of nitrogens with zero attached hydrogens (tertiary/aromatic N) is 2. The molecule has 0 saturated carbocycles. The lowest BCUT2D eigenvalue weighted by molar-refractivity contribution is -0.139. The number of rotatable bonds is 5. The largest absolute Gasteiger partial charge is 0.482 e. The molecule has 1 aliphatic rings. The number of ether oxygens (including phenoxy) is 2. The van der Waals surface area contributed by atoms with E-state index in [1.165, 1.54) is 7.11 Å². The van der Waals surface area contributed by atoms with Crippen molar-refractivity contribution in [3.63, 3.8) is 0 Å². The van der Waals surface area contributed by atoms with Gasteiger partial charge in [-0.1, -0.05) is 18.2 Å². The molecule has 0 bridgehead atoms. The maximum atomic E-state index is 11.4. The molecule has 1 aromatic carbocycles. The van der Waals surface area contributed by atoms with Gasteiger partial charge in [-0.15, -0.1) is 0 Å². The Hall–Kier alpha value is -2.28. The van der Waals surface area contributed by atoms with Crippen molar-refractivity contribution in [2.75, 3.05) is 39.9 Å². The number of benzene rings is 1. The van der Waals surface area contributed by atoms with Crippen molar-refractivity contribution >= 4 is 12.1 Å². The summed E-state index contributed by atoms with van der Waals surface area (Å²) in [5, 5.41) is 8.71. The quantitative estimate of drug-likeness (QED) is 0.875. The molecule has 0 radical (unpaired) electrons. The van der Waals surface area contributed by atoms with Crippen LogP contribution in [0.25, 0.3) is 0 Å². The van der Waals surface area contributed by atoms with Gasteiger partial charge in [0, 0.05) is 38.3 Å². The molecule has 0 aromatic heterocycles. The minimum Gasteiger partial charge on any atom is -0.482 e. The topological polar surface area (TPSA) is 79.3 Å². The Balaban J connectivity index is 1.92. The van der Waals surface area contributed by atoms with Gasteiger partial charge in [0.2, 0.25) is 0 Å². The molecule has 1 fully saturated rings. The summed E-state index contributed by atoms with van der Waals surface area (Å²) in [6.07, 6.45) is -0.301. The molecule has 120 valence electrons. The number of carbonyl (C=O) groups is 2. The van der Waals surface area contributed by atoms with E-state index in [0.717, 1.165) is 18.7 Å². The average molecular weight is 308 g/mol. The minimum atomic E-state index is -0.999. The molecule has 0 unspecified atom stereocenters. The molecular weight excluding hydrogens is 288 g/mol. The van der Waals surface area contributed by atoms with Crippen LogP contribution >= 0.6 is 0 Å². The van der Waals surface area contributed by atoms with E-state index in [4.69, 9.17) is 14.6 Å². The lowest BCUT2D eigenvalue weighted by Gasteiger charge is -2.34. The van der Waals surface area contributed by atoms with Crippen molar-refractivity contribution in [3.05, 3.63) is 29.8 Å². The van der Waals surface area contributed by atoms with E-state index in [2.05, 4.69) is 4.90 Å². The molecule has 1 saturated heterocycles. The zero-order chi connectivity index (χ0) is 15.9. The van der Waals surface area contributed by atoms with Crippen LogP contribution in [0.1, 0.15) is 5.56 Å².